The number of aryl methyl sites for hydroxylation is 1. The van der Waals surface area contributed by atoms with Gasteiger partial charge in [-0.2, -0.15) is 0 Å². The van der Waals surface area contributed by atoms with Gasteiger partial charge in [-0.25, -0.2) is 0 Å². The molecule has 5 rings (SSSR count). The zero-order valence-corrected chi connectivity index (χ0v) is 14.9. The monoisotopic (exact) mass is 342 g/mol. The van der Waals surface area contributed by atoms with E-state index in [4.69, 9.17) is 0 Å². The predicted octanol–water partition coefficient (Wildman–Crippen LogP) is 4.66. The average Bonchev–Trinajstić information content (AvgIpc) is 3.22. The Balaban J connectivity index is 1.63. The third-order valence-corrected chi connectivity index (χ3v) is 5.79. The first-order chi connectivity index (χ1) is 12.7. The smallest absolute Gasteiger partial charge is 0.250 e. The van der Waals surface area contributed by atoms with Crippen LogP contribution in [0.3, 0.4) is 0 Å². The molecule has 26 heavy (non-hydrogen) atoms. The van der Waals surface area contributed by atoms with E-state index in [0.29, 0.717) is 0 Å². The third-order valence-electron chi connectivity index (χ3n) is 5.79. The molecule has 0 spiro atoms. The number of anilines is 1. The minimum absolute atomic E-state index is 0.175. The van der Waals surface area contributed by atoms with Crippen molar-refractivity contribution in [2.75, 3.05) is 11.4 Å². The van der Waals surface area contributed by atoms with Crippen LogP contribution in [0.4, 0.5) is 5.69 Å². The highest BCUT2D eigenvalue weighted by atomic mass is 16.2. The third kappa shape index (κ3) is 2.27. The van der Waals surface area contributed by atoms with Crippen LogP contribution in [0.15, 0.2) is 66.7 Å². The van der Waals surface area contributed by atoms with Gasteiger partial charge in [0.15, 0.2) is 0 Å². The summed E-state index contributed by atoms with van der Waals surface area (Å²) in [4.78, 5) is 18.0. The van der Waals surface area contributed by atoms with E-state index < -0.39 is 0 Å². The molecule has 3 aromatic rings. The first-order valence-corrected chi connectivity index (χ1v) is 9.37. The van der Waals surface area contributed by atoms with Crippen molar-refractivity contribution in [1.29, 1.82) is 0 Å². The average molecular weight is 342 g/mol. The lowest BCUT2D eigenvalue weighted by atomic mass is 9.98. The largest absolute Gasteiger partial charge is 0.294 e. The number of hydrogen-bond donors (Lipinski definition) is 0. The van der Waals surface area contributed by atoms with Gasteiger partial charge in [-0.3, -0.25) is 14.6 Å². The lowest BCUT2D eigenvalue weighted by Gasteiger charge is -2.24. The molecule has 0 aliphatic carbocycles. The molecule has 2 saturated heterocycles. The minimum atomic E-state index is -0.185. The highest BCUT2D eigenvalue weighted by Crippen LogP contribution is 2.43. The Kier molecular flexibility index (Phi) is 3.57. The Morgan fingerprint density at radius 2 is 1.69 bits per heavy atom. The van der Waals surface area contributed by atoms with Gasteiger partial charge in [0.25, 0.3) is 0 Å². The van der Waals surface area contributed by atoms with Crippen molar-refractivity contribution in [2.24, 2.45) is 0 Å². The quantitative estimate of drug-likeness (QED) is 0.676. The maximum Gasteiger partial charge on any atom is 0.250 e. The van der Waals surface area contributed by atoms with Crippen LogP contribution in [-0.4, -0.2) is 23.5 Å². The number of carbonyl (C=O) groups excluding carboxylic acids is 1. The summed E-state index contributed by atoms with van der Waals surface area (Å²) in [5.41, 5.74) is 3.36. The zero-order chi connectivity index (χ0) is 17.7. The molecule has 2 atom stereocenters. The molecule has 0 unspecified atom stereocenters. The highest BCUT2D eigenvalue weighted by Gasteiger charge is 2.49. The molecular weight excluding hydrogens is 320 g/mol. The van der Waals surface area contributed by atoms with E-state index in [0.717, 1.165) is 30.6 Å². The highest BCUT2D eigenvalue weighted by molar-refractivity contribution is 6.03. The molecule has 2 fully saturated rings. The summed E-state index contributed by atoms with van der Waals surface area (Å²) >= 11 is 0. The second-order valence-corrected chi connectivity index (χ2v) is 7.38. The summed E-state index contributed by atoms with van der Waals surface area (Å²) in [5, 5.41) is 2.38. The molecule has 3 nitrogen and oxygen atoms in total. The number of carbonyl (C=O) groups is 1. The molecule has 2 heterocycles. The maximum absolute atomic E-state index is 13.5. The van der Waals surface area contributed by atoms with E-state index in [1.807, 2.05) is 4.90 Å². The molecule has 0 N–H and O–H groups in total. The Hall–Kier alpha value is -2.65. The molecule has 3 heteroatoms. The second kappa shape index (κ2) is 5.96. The van der Waals surface area contributed by atoms with E-state index in [9.17, 15) is 4.79 Å². The number of nitrogens with zero attached hydrogens (tertiary/aromatic N) is 2. The molecule has 0 saturated carbocycles. The van der Waals surface area contributed by atoms with Crippen LogP contribution in [-0.2, 0) is 4.79 Å². The molecular formula is C23H22N2O. The lowest BCUT2D eigenvalue weighted by Crippen LogP contribution is -2.35. The van der Waals surface area contributed by atoms with Gasteiger partial charge in [-0.05, 0) is 48.2 Å². The van der Waals surface area contributed by atoms with Crippen molar-refractivity contribution in [1.82, 2.24) is 4.90 Å². The van der Waals surface area contributed by atoms with Crippen LogP contribution in [0.2, 0.25) is 0 Å². The summed E-state index contributed by atoms with van der Waals surface area (Å²) < 4.78 is 0. The van der Waals surface area contributed by atoms with Crippen molar-refractivity contribution in [3.05, 3.63) is 77.9 Å². The standard InChI is InChI=1S/C23H22N2O/c1-16-11-13-18(14-12-16)25-21-10-5-15-24(21)22(23(25)26)20-9-4-7-17-6-2-3-8-19(17)20/h2-4,6-9,11-14,21-22H,5,10,15H2,1H3/t21-,22+/m0/s1. The van der Waals surface area contributed by atoms with E-state index >= 15 is 0 Å². The molecule has 0 radical (unpaired) electrons. The number of hydrogen-bond acceptors (Lipinski definition) is 2. The van der Waals surface area contributed by atoms with Gasteiger partial charge in [-0.1, -0.05) is 60.2 Å². The van der Waals surface area contributed by atoms with Crippen molar-refractivity contribution in [3.8, 4) is 0 Å². The van der Waals surface area contributed by atoms with Gasteiger partial charge in [0.1, 0.15) is 6.04 Å². The number of benzene rings is 3. The van der Waals surface area contributed by atoms with Crippen molar-refractivity contribution in [3.63, 3.8) is 0 Å². The summed E-state index contributed by atoms with van der Waals surface area (Å²) in [6.07, 6.45) is 2.36. The fraction of sp³-hybridized carbons (Fsp3) is 0.261. The molecule has 0 aromatic heterocycles. The van der Waals surface area contributed by atoms with Crippen molar-refractivity contribution < 1.29 is 4.79 Å². The van der Waals surface area contributed by atoms with Crippen LogP contribution >= 0.6 is 0 Å². The van der Waals surface area contributed by atoms with Gasteiger partial charge in [0, 0.05) is 12.2 Å². The summed E-state index contributed by atoms with van der Waals surface area (Å²) in [7, 11) is 0. The van der Waals surface area contributed by atoms with E-state index in [1.54, 1.807) is 0 Å². The van der Waals surface area contributed by atoms with Gasteiger partial charge >= 0.3 is 0 Å². The van der Waals surface area contributed by atoms with Crippen LogP contribution in [0.25, 0.3) is 10.8 Å². The summed E-state index contributed by atoms with van der Waals surface area (Å²) in [5.74, 6) is 0.204. The summed E-state index contributed by atoms with van der Waals surface area (Å²) in [6, 6.07) is 22.8. The Labute approximate surface area is 153 Å². The normalized spacial score (nSPS) is 23.0. The van der Waals surface area contributed by atoms with Crippen LogP contribution in [0, 0.1) is 6.92 Å². The van der Waals surface area contributed by atoms with Gasteiger partial charge < -0.3 is 0 Å². The second-order valence-electron chi connectivity index (χ2n) is 7.38. The van der Waals surface area contributed by atoms with Crippen LogP contribution < -0.4 is 4.90 Å². The molecule has 2 aliphatic rings. The lowest BCUT2D eigenvalue weighted by molar-refractivity contribution is -0.119. The first kappa shape index (κ1) is 15.6. The topological polar surface area (TPSA) is 23.6 Å². The molecule has 2 aliphatic heterocycles. The Bertz CT molecular complexity index is 974. The van der Waals surface area contributed by atoms with Gasteiger partial charge in [0.2, 0.25) is 5.91 Å². The Morgan fingerprint density at radius 1 is 0.923 bits per heavy atom. The fourth-order valence-corrected chi connectivity index (χ4v) is 4.58. The van der Waals surface area contributed by atoms with Crippen molar-refractivity contribution in [2.45, 2.75) is 32.0 Å². The van der Waals surface area contributed by atoms with Gasteiger partial charge in [-0.15, -0.1) is 0 Å². The molecule has 1 amide bonds. The first-order valence-electron chi connectivity index (χ1n) is 9.37. The van der Waals surface area contributed by atoms with Crippen molar-refractivity contribution >= 4 is 22.4 Å². The molecule has 130 valence electrons. The summed E-state index contributed by atoms with van der Waals surface area (Å²) in [6.45, 7) is 3.06. The zero-order valence-electron chi connectivity index (χ0n) is 14.9. The minimum Gasteiger partial charge on any atom is -0.294 e. The van der Waals surface area contributed by atoms with Crippen LogP contribution in [0.5, 0.6) is 0 Å². The van der Waals surface area contributed by atoms with Gasteiger partial charge in [0.05, 0.1) is 6.17 Å². The molecule has 0 bridgehead atoms. The van der Waals surface area contributed by atoms with Crippen LogP contribution in [0.1, 0.15) is 30.0 Å². The number of fused-ring (bicyclic) bond motifs is 2. The SMILES string of the molecule is Cc1ccc(N2C(=O)[C@@H](c3cccc4ccccc34)N3CCC[C@H]23)cc1. The molecule has 3 aromatic carbocycles. The maximum atomic E-state index is 13.5. The van der Waals surface area contributed by atoms with E-state index in [2.05, 4.69) is 78.6 Å². The van der Waals surface area contributed by atoms with E-state index in [1.165, 1.54) is 16.3 Å². The Morgan fingerprint density at radius 3 is 2.54 bits per heavy atom. The number of amides is 1. The fourth-order valence-electron chi connectivity index (χ4n) is 4.58. The predicted molar refractivity (Wildman–Crippen MR) is 105 cm³/mol. The number of rotatable bonds is 2. The van der Waals surface area contributed by atoms with E-state index in [-0.39, 0.29) is 18.1 Å².